The van der Waals surface area contributed by atoms with Crippen LogP contribution in [-0.2, 0) is 6.54 Å². The number of rotatable bonds is 5. The zero-order valence-electron chi connectivity index (χ0n) is 10.9. The van der Waals surface area contributed by atoms with Gasteiger partial charge in [-0.3, -0.25) is 0 Å². The lowest BCUT2D eigenvalue weighted by Crippen LogP contribution is -2.18. The van der Waals surface area contributed by atoms with Gasteiger partial charge in [0.25, 0.3) is 0 Å². The van der Waals surface area contributed by atoms with Gasteiger partial charge in [0.2, 0.25) is 0 Å². The summed E-state index contributed by atoms with van der Waals surface area (Å²) >= 11 is 1.69. The van der Waals surface area contributed by atoms with E-state index in [9.17, 15) is 0 Å². The molecule has 18 heavy (non-hydrogen) atoms. The highest BCUT2D eigenvalue weighted by atomic mass is 32.1. The van der Waals surface area contributed by atoms with Crippen molar-refractivity contribution in [1.29, 1.82) is 0 Å². The Labute approximate surface area is 112 Å². The molecule has 0 fully saturated rings. The molecule has 0 saturated carbocycles. The molecule has 96 valence electrons. The quantitative estimate of drug-likeness (QED) is 0.897. The topological polar surface area (TPSA) is 34.1 Å². The van der Waals surface area contributed by atoms with Crippen molar-refractivity contribution in [1.82, 2.24) is 10.3 Å². The van der Waals surface area contributed by atoms with Crippen LogP contribution in [0, 0.1) is 6.92 Å². The maximum absolute atomic E-state index is 5.21. The normalized spacial score (nSPS) is 12.4. The van der Waals surface area contributed by atoms with Crippen LogP contribution in [0.5, 0.6) is 5.75 Å². The fraction of sp³-hybridized carbons (Fsp3) is 0.357. The fourth-order valence-electron chi connectivity index (χ4n) is 1.74. The van der Waals surface area contributed by atoms with E-state index in [-0.39, 0.29) is 6.04 Å². The molecular formula is C14H18N2OS. The van der Waals surface area contributed by atoms with E-state index in [2.05, 4.69) is 28.7 Å². The maximum Gasteiger partial charge on any atom is 0.119 e. The van der Waals surface area contributed by atoms with Gasteiger partial charge in [0, 0.05) is 18.0 Å². The second-order valence-electron chi connectivity index (χ2n) is 4.25. The van der Waals surface area contributed by atoms with Crippen molar-refractivity contribution in [3.05, 3.63) is 45.9 Å². The van der Waals surface area contributed by atoms with Gasteiger partial charge in [-0.2, -0.15) is 0 Å². The van der Waals surface area contributed by atoms with Gasteiger partial charge in [0.15, 0.2) is 0 Å². The Morgan fingerprint density at radius 1 is 1.44 bits per heavy atom. The van der Waals surface area contributed by atoms with Crippen LogP contribution < -0.4 is 10.1 Å². The molecular weight excluding hydrogens is 244 g/mol. The van der Waals surface area contributed by atoms with Gasteiger partial charge in [-0.1, -0.05) is 12.1 Å². The van der Waals surface area contributed by atoms with Gasteiger partial charge in [-0.15, -0.1) is 11.3 Å². The lowest BCUT2D eigenvalue weighted by atomic mass is 10.2. The van der Waals surface area contributed by atoms with E-state index < -0.39 is 0 Å². The van der Waals surface area contributed by atoms with Crippen LogP contribution in [0.4, 0.5) is 0 Å². The first kappa shape index (κ1) is 13.1. The van der Waals surface area contributed by atoms with Gasteiger partial charge in [-0.25, -0.2) is 4.98 Å². The molecule has 2 rings (SSSR count). The Balaban J connectivity index is 1.94. The van der Waals surface area contributed by atoms with Gasteiger partial charge in [0.05, 0.1) is 17.8 Å². The monoisotopic (exact) mass is 262 g/mol. The van der Waals surface area contributed by atoms with Crippen LogP contribution in [0.1, 0.15) is 29.2 Å². The summed E-state index contributed by atoms with van der Waals surface area (Å²) in [5.41, 5.74) is 2.33. The van der Waals surface area contributed by atoms with Crippen molar-refractivity contribution in [3.8, 4) is 5.75 Å². The third-order valence-corrected chi connectivity index (χ3v) is 3.62. The van der Waals surface area contributed by atoms with E-state index in [1.54, 1.807) is 18.4 Å². The fourth-order valence-corrected chi connectivity index (χ4v) is 2.44. The summed E-state index contributed by atoms with van der Waals surface area (Å²) in [4.78, 5) is 4.49. The number of nitrogens with one attached hydrogen (secondary N) is 1. The zero-order chi connectivity index (χ0) is 13.0. The SMILES string of the molecule is COc1cccc(CNC(C)c2csc(C)n2)c1. The molecule has 0 aliphatic rings. The summed E-state index contributed by atoms with van der Waals surface area (Å²) in [5.74, 6) is 0.895. The number of aryl methyl sites for hydroxylation is 1. The lowest BCUT2D eigenvalue weighted by Gasteiger charge is -2.12. The number of nitrogens with zero attached hydrogens (tertiary/aromatic N) is 1. The first-order valence-corrected chi connectivity index (χ1v) is 6.85. The minimum Gasteiger partial charge on any atom is -0.497 e. The number of hydrogen-bond acceptors (Lipinski definition) is 4. The van der Waals surface area contributed by atoms with E-state index >= 15 is 0 Å². The van der Waals surface area contributed by atoms with Gasteiger partial charge < -0.3 is 10.1 Å². The average molecular weight is 262 g/mol. The highest BCUT2D eigenvalue weighted by Gasteiger charge is 2.08. The molecule has 1 heterocycles. The molecule has 1 unspecified atom stereocenters. The molecule has 1 N–H and O–H groups in total. The summed E-state index contributed by atoms with van der Waals surface area (Å²) in [6.07, 6.45) is 0. The lowest BCUT2D eigenvalue weighted by molar-refractivity contribution is 0.414. The molecule has 0 bridgehead atoms. The summed E-state index contributed by atoms with van der Waals surface area (Å²) in [7, 11) is 1.69. The number of ether oxygens (including phenoxy) is 1. The average Bonchev–Trinajstić information content (AvgIpc) is 2.83. The number of hydrogen-bond donors (Lipinski definition) is 1. The molecule has 0 saturated heterocycles. The highest BCUT2D eigenvalue weighted by molar-refractivity contribution is 7.09. The minimum atomic E-state index is 0.265. The first-order valence-electron chi connectivity index (χ1n) is 5.97. The minimum absolute atomic E-state index is 0.265. The Hall–Kier alpha value is -1.39. The molecule has 0 aliphatic heterocycles. The van der Waals surface area contributed by atoms with Crippen molar-refractivity contribution in [3.63, 3.8) is 0 Å². The predicted octanol–water partition coefficient (Wildman–Crippen LogP) is 3.31. The molecule has 4 heteroatoms. The van der Waals surface area contributed by atoms with Crippen LogP contribution in [0.25, 0.3) is 0 Å². The van der Waals surface area contributed by atoms with E-state index in [0.29, 0.717) is 0 Å². The second-order valence-corrected chi connectivity index (χ2v) is 5.31. The molecule has 1 atom stereocenters. The van der Waals surface area contributed by atoms with E-state index in [1.165, 1.54) is 5.56 Å². The van der Waals surface area contributed by atoms with Crippen molar-refractivity contribution in [2.24, 2.45) is 0 Å². The van der Waals surface area contributed by atoms with Crippen LogP contribution in [0.2, 0.25) is 0 Å². The van der Waals surface area contributed by atoms with E-state index in [0.717, 1.165) is 23.0 Å². The molecule has 3 nitrogen and oxygen atoms in total. The standard InChI is InChI=1S/C14H18N2OS/c1-10(14-9-18-11(2)16-14)15-8-12-5-4-6-13(7-12)17-3/h4-7,9-10,15H,8H2,1-3H3. The Bertz CT molecular complexity index is 510. The van der Waals surface area contributed by atoms with Crippen LogP contribution in [0.15, 0.2) is 29.6 Å². The van der Waals surface area contributed by atoms with Crippen molar-refractivity contribution < 1.29 is 4.74 Å². The molecule has 2 aromatic rings. The summed E-state index contributed by atoms with van der Waals surface area (Å²) in [6.45, 7) is 4.98. The van der Waals surface area contributed by atoms with Crippen LogP contribution in [-0.4, -0.2) is 12.1 Å². The number of thiazole rings is 1. The Kier molecular flexibility index (Phi) is 4.33. The highest BCUT2D eigenvalue weighted by Crippen LogP contribution is 2.17. The third-order valence-electron chi connectivity index (χ3n) is 2.83. The van der Waals surface area contributed by atoms with Gasteiger partial charge in [0.1, 0.15) is 5.75 Å². The summed E-state index contributed by atoms with van der Waals surface area (Å²) in [5, 5.41) is 6.69. The predicted molar refractivity (Wildman–Crippen MR) is 75.1 cm³/mol. The summed E-state index contributed by atoms with van der Waals surface area (Å²) < 4.78 is 5.21. The molecule has 0 radical (unpaired) electrons. The zero-order valence-corrected chi connectivity index (χ0v) is 11.8. The second kappa shape index (κ2) is 5.98. The number of aromatic nitrogens is 1. The van der Waals surface area contributed by atoms with E-state index in [1.807, 2.05) is 25.1 Å². The largest absolute Gasteiger partial charge is 0.497 e. The summed E-state index contributed by atoms with van der Waals surface area (Å²) in [6, 6.07) is 8.37. The molecule has 0 aliphatic carbocycles. The first-order chi connectivity index (χ1) is 8.69. The molecule has 0 spiro atoms. The van der Waals surface area contributed by atoms with Crippen molar-refractivity contribution >= 4 is 11.3 Å². The van der Waals surface area contributed by atoms with Crippen LogP contribution >= 0.6 is 11.3 Å². The maximum atomic E-state index is 5.21. The smallest absolute Gasteiger partial charge is 0.119 e. The Morgan fingerprint density at radius 2 is 2.28 bits per heavy atom. The van der Waals surface area contributed by atoms with Crippen molar-refractivity contribution in [2.45, 2.75) is 26.4 Å². The third kappa shape index (κ3) is 3.31. The molecule has 0 amide bonds. The van der Waals surface area contributed by atoms with E-state index in [4.69, 9.17) is 4.74 Å². The Morgan fingerprint density at radius 3 is 2.94 bits per heavy atom. The van der Waals surface area contributed by atoms with Crippen molar-refractivity contribution in [2.75, 3.05) is 7.11 Å². The number of benzene rings is 1. The van der Waals surface area contributed by atoms with Crippen LogP contribution in [0.3, 0.4) is 0 Å². The molecule has 1 aromatic heterocycles. The van der Waals surface area contributed by atoms with Gasteiger partial charge in [-0.05, 0) is 31.5 Å². The number of methoxy groups -OCH3 is 1. The van der Waals surface area contributed by atoms with Gasteiger partial charge >= 0.3 is 0 Å². The molecule has 1 aromatic carbocycles.